The molecule has 4 nitrogen and oxygen atoms in total. The zero-order valence-corrected chi connectivity index (χ0v) is 11.2. The lowest BCUT2D eigenvalue weighted by Gasteiger charge is -2.36. The molecule has 0 spiro atoms. The van der Waals surface area contributed by atoms with Crippen LogP contribution in [0, 0.1) is 0 Å². The smallest absolute Gasteiger partial charge is 0.108 e. The quantitative estimate of drug-likeness (QED) is 0.868. The van der Waals surface area contributed by atoms with Gasteiger partial charge in [-0.15, -0.1) is 0 Å². The van der Waals surface area contributed by atoms with Crippen LogP contribution in [0.2, 0.25) is 5.02 Å². The Morgan fingerprint density at radius 2 is 2.24 bits per heavy atom. The number of nitrogens with zero attached hydrogens (tertiary/aromatic N) is 2. The minimum Gasteiger partial charge on any atom is -0.384 e. The summed E-state index contributed by atoms with van der Waals surface area (Å²) in [6, 6.07) is 0.521. The van der Waals surface area contributed by atoms with Crippen LogP contribution < -0.4 is 5.32 Å². The Morgan fingerprint density at radius 1 is 1.59 bits per heavy atom. The van der Waals surface area contributed by atoms with Crippen LogP contribution in [0.15, 0.2) is 6.20 Å². The monoisotopic (exact) mass is 257 g/mol. The Hall–Kier alpha value is -0.580. The number of aliphatic hydroxyl groups is 1. The Morgan fingerprint density at radius 3 is 2.71 bits per heavy atom. The fourth-order valence-corrected chi connectivity index (χ4v) is 3.10. The maximum atomic E-state index is 10.7. The van der Waals surface area contributed by atoms with Crippen LogP contribution in [-0.4, -0.2) is 27.5 Å². The van der Waals surface area contributed by atoms with Crippen LogP contribution in [0.3, 0.4) is 0 Å². The summed E-state index contributed by atoms with van der Waals surface area (Å²) in [6.07, 6.45) is 5.04. The van der Waals surface area contributed by atoms with Crippen molar-refractivity contribution in [2.45, 2.75) is 44.2 Å². The molecule has 17 heavy (non-hydrogen) atoms. The summed E-state index contributed by atoms with van der Waals surface area (Å²) in [7, 11) is 1.83. The van der Waals surface area contributed by atoms with Gasteiger partial charge in [-0.05, 0) is 32.2 Å². The fourth-order valence-electron chi connectivity index (χ4n) is 2.76. The number of hydrogen-bond donors (Lipinski definition) is 2. The molecule has 1 saturated carbocycles. The molecule has 1 fully saturated rings. The molecule has 1 aromatic rings. The van der Waals surface area contributed by atoms with Crippen molar-refractivity contribution in [3.63, 3.8) is 0 Å². The molecule has 1 aliphatic carbocycles. The summed E-state index contributed by atoms with van der Waals surface area (Å²) in [5.74, 6) is 0. The Labute approximate surface area is 107 Å². The molecular weight excluding hydrogens is 238 g/mol. The van der Waals surface area contributed by atoms with Gasteiger partial charge in [-0.1, -0.05) is 18.5 Å². The van der Waals surface area contributed by atoms with Gasteiger partial charge in [0.25, 0.3) is 0 Å². The van der Waals surface area contributed by atoms with Gasteiger partial charge in [-0.25, -0.2) is 0 Å². The van der Waals surface area contributed by atoms with E-state index in [9.17, 15) is 5.11 Å². The molecule has 0 unspecified atom stereocenters. The number of nitrogens with one attached hydrogen (secondary N) is 1. The lowest BCUT2D eigenvalue weighted by Crippen LogP contribution is -2.40. The molecule has 2 rings (SSSR count). The molecule has 1 heterocycles. The van der Waals surface area contributed by atoms with Crippen molar-refractivity contribution < 1.29 is 5.11 Å². The van der Waals surface area contributed by atoms with Crippen molar-refractivity contribution >= 4 is 11.6 Å². The number of aryl methyl sites for hydroxylation is 1. The predicted octanol–water partition coefficient (Wildman–Crippen LogP) is 1.81. The Kier molecular flexibility index (Phi) is 3.76. The third kappa shape index (κ3) is 2.49. The SMILES string of the molecule is CCNC1CCC(O)(c2c(Cl)cnn2C)CC1. The molecule has 96 valence electrons. The molecule has 0 aliphatic heterocycles. The molecule has 2 N–H and O–H groups in total. The maximum Gasteiger partial charge on any atom is 0.108 e. The van der Waals surface area contributed by atoms with E-state index in [0.29, 0.717) is 11.1 Å². The van der Waals surface area contributed by atoms with E-state index in [2.05, 4.69) is 17.3 Å². The molecule has 0 saturated heterocycles. The number of rotatable bonds is 3. The minimum atomic E-state index is -0.811. The fraction of sp³-hybridized carbons (Fsp3) is 0.750. The third-order valence-corrected chi connectivity index (χ3v) is 3.92. The minimum absolute atomic E-state index is 0.521. The van der Waals surface area contributed by atoms with E-state index < -0.39 is 5.60 Å². The third-order valence-electron chi connectivity index (χ3n) is 3.64. The van der Waals surface area contributed by atoms with Gasteiger partial charge < -0.3 is 10.4 Å². The highest BCUT2D eigenvalue weighted by Crippen LogP contribution is 2.39. The van der Waals surface area contributed by atoms with Gasteiger partial charge >= 0.3 is 0 Å². The van der Waals surface area contributed by atoms with E-state index in [1.54, 1.807) is 10.9 Å². The molecule has 0 bridgehead atoms. The standard InChI is InChI=1S/C12H20ClN3O/c1-3-14-9-4-6-12(17,7-5-9)11-10(13)8-15-16(11)2/h8-9,14,17H,3-7H2,1-2H3. The Bertz CT molecular complexity index is 364. The molecule has 0 atom stereocenters. The van der Waals surface area contributed by atoms with Crippen molar-refractivity contribution in [2.75, 3.05) is 6.54 Å². The first kappa shape index (κ1) is 12.9. The highest BCUT2D eigenvalue weighted by Gasteiger charge is 2.38. The van der Waals surface area contributed by atoms with E-state index in [1.807, 2.05) is 7.05 Å². The average Bonchev–Trinajstić information content (AvgIpc) is 2.63. The van der Waals surface area contributed by atoms with E-state index in [4.69, 9.17) is 11.6 Å². The van der Waals surface area contributed by atoms with E-state index >= 15 is 0 Å². The summed E-state index contributed by atoms with van der Waals surface area (Å²) in [6.45, 7) is 3.09. The van der Waals surface area contributed by atoms with Gasteiger partial charge in [0.2, 0.25) is 0 Å². The van der Waals surface area contributed by atoms with E-state index in [1.165, 1.54) is 0 Å². The summed E-state index contributed by atoms with van der Waals surface area (Å²) < 4.78 is 1.69. The van der Waals surface area contributed by atoms with Crippen molar-refractivity contribution in [3.8, 4) is 0 Å². The molecule has 5 heteroatoms. The second-order valence-electron chi connectivity index (χ2n) is 4.83. The van der Waals surface area contributed by atoms with Gasteiger partial charge in [0.15, 0.2) is 0 Å². The van der Waals surface area contributed by atoms with Crippen molar-refractivity contribution in [2.24, 2.45) is 7.05 Å². The second kappa shape index (κ2) is 4.96. The highest BCUT2D eigenvalue weighted by atomic mass is 35.5. The zero-order chi connectivity index (χ0) is 12.5. The summed E-state index contributed by atoms with van der Waals surface area (Å²) in [5, 5.41) is 18.8. The Balaban J connectivity index is 2.12. The topological polar surface area (TPSA) is 50.1 Å². The molecule has 0 aromatic carbocycles. The number of halogens is 1. The maximum absolute atomic E-state index is 10.7. The lowest BCUT2D eigenvalue weighted by molar-refractivity contribution is -0.0150. The largest absolute Gasteiger partial charge is 0.384 e. The van der Waals surface area contributed by atoms with Crippen LogP contribution in [0.4, 0.5) is 0 Å². The second-order valence-corrected chi connectivity index (χ2v) is 5.24. The van der Waals surface area contributed by atoms with Gasteiger partial charge in [-0.2, -0.15) is 5.10 Å². The first-order valence-corrected chi connectivity index (χ1v) is 6.58. The normalized spacial score (nSPS) is 29.5. The van der Waals surface area contributed by atoms with Crippen molar-refractivity contribution in [1.29, 1.82) is 0 Å². The molecule has 0 radical (unpaired) electrons. The summed E-state index contributed by atoms with van der Waals surface area (Å²) >= 11 is 6.11. The van der Waals surface area contributed by atoms with Crippen LogP contribution in [0.5, 0.6) is 0 Å². The zero-order valence-electron chi connectivity index (χ0n) is 10.4. The summed E-state index contributed by atoms with van der Waals surface area (Å²) in [5.41, 5.74) is -0.0528. The van der Waals surface area contributed by atoms with Crippen LogP contribution in [-0.2, 0) is 12.6 Å². The first-order chi connectivity index (χ1) is 8.07. The van der Waals surface area contributed by atoms with E-state index in [-0.39, 0.29) is 0 Å². The van der Waals surface area contributed by atoms with Gasteiger partial charge in [0, 0.05) is 13.1 Å². The van der Waals surface area contributed by atoms with Gasteiger partial charge in [0.1, 0.15) is 5.60 Å². The average molecular weight is 258 g/mol. The van der Waals surface area contributed by atoms with Crippen molar-refractivity contribution in [1.82, 2.24) is 15.1 Å². The molecular formula is C12H20ClN3O. The van der Waals surface area contributed by atoms with Crippen LogP contribution in [0.25, 0.3) is 0 Å². The molecule has 1 aliphatic rings. The first-order valence-electron chi connectivity index (χ1n) is 6.20. The highest BCUT2D eigenvalue weighted by molar-refractivity contribution is 6.31. The summed E-state index contributed by atoms with van der Waals surface area (Å²) in [4.78, 5) is 0. The van der Waals surface area contributed by atoms with Crippen LogP contribution >= 0.6 is 11.6 Å². The molecule has 0 amide bonds. The predicted molar refractivity (Wildman–Crippen MR) is 68.0 cm³/mol. The molecule has 1 aromatic heterocycles. The lowest BCUT2D eigenvalue weighted by atomic mass is 9.80. The van der Waals surface area contributed by atoms with Gasteiger partial charge in [0.05, 0.1) is 16.9 Å². The number of aromatic nitrogens is 2. The van der Waals surface area contributed by atoms with E-state index in [0.717, 1.165) is 37.9 Å². The van der Waals surface area contributed by atoms with Gasteiger partial charge in [-0.3, -0.25) is 4.68 Å². The van der Waals surface area contributed by atoms with Crippen molar-refractivity contribution in [3.05, 3.63) is 16.9 Å². The van der Waals surface area contributed by atoms with Crippen LogP contribution in [0.1, 0.15) is 38.3 Å². The number of hydrogen-bond acceptors (Lipinski definition) is 3.